The molecule has 0 saturated carbocycles. The van der Waals surface area contributed by atoms with Gasteiger partial charge in [0.25, 0.3) is 0 Å². The summed E-state index contributed by atoms with van der Waals surface area (Å²) in [6.07, 6.45) is 4.69. The molecule has 6 heteroatoms. The van der Waals surface area contributed by atoms with Gasteiger partial charge in [-0.25, -0.2) is 4.79 Å². The smallest absolute Gasteiger partial charge is 0.337 e. The van der Waals surface area contributed by atoms with Crippen molar-refractivity contribution in [2.45, 2.75) is 26.7 Å². The zero-order valence-electron chi connectivity index (χ0n) is 16.1. The van der Waals surface area contributed by atoms with E-state index in [2.05, 4.69) is 5.32 Å². The van der Waals surface area contributed by atoms with E-state index in [1.807, 2.05) is 32.0 Å². The fourth-order valence-electron chi connectivity index (χ4n) is 2.47. The van der Waals surface area contributed by atoms with Crippen LogP contribution in [0.5, 0.6) is 11.5 Å². The van der Waals surface area contributed by atoms with Crippen LogP contribution in [0.1, 0.15) is 42.6 Å². The number of carbonyl (C=O) groups is 2. The molecule has 2 N–H and O–H groups in total. The highest BCUT2D eigenvalue weighted by Crippen LogP contribution is 2.32. The Balaban J connectivity index is 2.20. The number of rotatable bonds is 10. The Bertz CT molecular complexity index is 845. The first-order chi connectivity index (χ1) is 13.6. The zero-order valence-corrected chi connectivity index (χ0v) is 16.1. The van der Waals surface area contributed by atoms with Crippen LogP contribution in [0.15, 0.2) is 48.5 Å². The molecule has 0 heterocycles. The quantitative estimate of drug-likeness (QED) is 0.585. The van der Waals surface area contributed by atoms with Gasteiger partial charge in [-0.05, 0) is 37.1 Å². The molecule has 0 saturated heterocycles. The monoisotopic (exact) mass is 383 g/mol. The second-order valence-corrected chi connectivity index (χ2v) is 6.04. The van der Waals surface area contributed by atoms with Crippen molar-refractivity contribution in [3.63, 3.8) is 0 Å². The molecule has 1 amide bonds. The summed E-state index contributed by atoms with van der Waals surface area (Å²) in [4.78, 5) is 23.5. The first kappa shape index (κ1) is 21.0. The van der Waals surface area contributed by atoms with E-state index in [9.17, 15) is 14.7 Å². The molecule has 6 nitrogen and oxygen atoms in total. The number of aromatic carboxylic acids is 1. The van der Waals surface area contributed by atoms with Gasteiger partial charge in [0.1, 0.15) is 0 Å². The number of anilines is 1. The van der Waals surface area contributed by atoms with E-state index in [1.165, 1.54) is 12.1 Å². The summed E-state index contributed by atoms with van der Waals surface area (Å²) >= 11 is 0. The second kappa shape index (κ2) is 10.8. The number of hydrogen-bond donors (Lipinski definition) is 2. The topological polar surface area (TPSA) is 84.9 Å². The van der Waals surface area contributed by atoms with Crippen LogP contribution >= 0.6 is 0 Å². The lowest BCUT2D eigenvalue weighted by Crippen LogP contribution is -2.11. The lowest BCUT2D eigenvalue weighted by molar-refractivity contribution is -0.111. The van der Waals surface area contributed by atoms with Crippen LogP contribution in [0.4, 0.5) is 5.69 Å². The Kier molecular flexibility index (Phi) is 8.09. The van der Waals surface area contributed by atoms with Gasteiger partial charge in [0, 0.05) is 11.6 Å². The van der Waals surface area contributed by atoms with Crippen molar-refractivity contribution in [1.82, 2.24) is 0 Å². The number of ether oxygens (including phenoxy) is 2. The van der Waals surface area contributed by atoms with Crippen LogP contribution in [0.25, 0.3) is 6.08 Å². The minimum Gasteiger partial charge on any atom is -0.490 e. The number of carboxylic acids is 1. The van der Waals surface area contributed by atoms with E-state index in [0.29, 0.717) is 30.3 Å². The van der Waals surface area contributed by atoms with E-state index in [4.69, 9.17) is 9.47 Å². The normalized spacial score (nSPS) is 10.6. The first-order valence-corrected chi connectivity index (χ1v) is 9.26. The highest BCUT2D eigenvalue weighted by atomic mass is 16.5. The number of para-hydroxylation sites is 2. The van der Waals surface area contributed by atoms with Crippen LogP contribution < -0.4 is 14.8 Å². The highest BCUT2D eigenvalue weighted by molar-refractivity contribution is 6.06. The molecule has 0 unspecified atom stereocenters. The van der Waals surface area contributed by atoms with Gasteiger partial charge in [-0.3, -0.25) is 4.79 Å². The molecular formula is C22H25NO5. The first-order valence-electron chi connectivity index (χ1n) is 9.26. The molecule has 0 aliphatic carbocycles. The summed E-state index contributed by atoms with van der Waals surface area (Å²) < 4.78 is 11.6. The van der Waals surface area contributed by atoms with E-state index in [1.54, 1.807) is 24.3 Å². The third-order valence-corrected chi connectivity index (χ3v) is 3.75. The van der Waals surface area contributed by atoms with Gasteiger partial charge >= 0.3 is 5.97 Å². The van der Waals surface area contributed by atoms with Gasteiger partial charge in [0.15, 0.2) is 11.5 Å². The van der Waals surface area contributed by atoms with Gasteiger partial charge in [0.05, 0.1) is 24.5 Å². The summed E-state index contributed by atoms with van der Waals surface area (Å²) in [6, 6.07) is 11.8. The van der Waals surface area contributed by atoms with Crippen molar-refractivity contribution in [1.29, 1.82) is 0 Å². The third-order valence-electron chi connectivity index (χ3n) is 3.75. The van der Waals surface area contributed by atoms with Crippen molar-refractivity contribution in [3.05, 3.63) is 59.7 Å². The van der Waals surface area contributed by atoms with Gasteiger partial charge in [-0.15, -0.1) is 0 Å². The molecule has 2 rings (SSSR count). The molecule has 2 aromatic rings. The van der Waals surface area contributed by atoms with Crippen LogP contribution in [-0.2, 0) is 4.79 Å². The number of carbonyl (C=O) groups excluding carboxylic acids is 1. The molecule has 0 radical (unpaired) electrons. The number of amides is 1. The molecule has 0 aromatic heterocycles. The summed E-state index contributed by atoms with van der Waals surface area (Å²) in [6.45, 7) is 5.14. The van der Waals surface area contributed by atoms with E-state index in [-0.39, 0.29) is 11.3 Å². The van der Waals surface area contributed by atoms with E-state index >= 15 is 0 Å². The molecule has 0 bridgehead atoms. The molecule has 148 valence electrons. The molecule has 0 spiro atoms. The fourth-order valence-corrected chi connectivity index (χ4v) is 2.47. The number of hydrogen-bond acceptors (Lipinski definition) is 4. The third kappa shape index (κ3) is 5.87. The van der Waals surface area contributed by atoms with E-state index in [0.717, 1.165) is 12.8 Å². The standard InChI is InChI=1S/C22H25NO5/c1-3-14-27-19-11-7-8-16(21(19)28-15-4-2)12-13-20(24)23-18-10-6-5-9-17(18)22(25)26/h5-13H,3-4,14-15H2,1-2H3,(H,23,24)(H,25,26). The van der Waals surface area contributed by atoms with Gasteiger partial charge in [-0.2, -0.15) is 0 Å². The highest BCUT2D eigenvalue weighted by Gasteiger charge is 2.12. The molecule has 0 atom stereocenters. The Morgan fingerprint density at radius 1 is 1.00 bits per heavy atom. The molecule has 0 aliphatic rings. The van der Waals surface area contributed by atoms with Crippen LogP contribution in [-0.4, -0.2) is 30.2 Å². The summed E-state index contributed by atoms with van der Waals surface area (Å²) in [5.41, 5.74) is 0.988. The largest absolute Gasteiger partial charge is 0.490 e. The summed E-state index contributed by atoms with van der Waals surface area (Å²) in [5, 5.41) is 11.8. The maximum absolute atomic E-state index is 12.3. The van der Waals surface area contributed by atoms with Gasteiger partial charge in [0.2, 0.25) is 5.91 Å². The van der Waals surface area contributed by atoms with E-state index < -0.39 is 11.9 Å². The SMILES string of the molecule is CCCOc1cccc(C=CC(=O)Nc2ccccc2C(=O)O)c1OCCC. The van der Waals surface area contributed by atoms with Crippen molar-refractivity contribution < 1.29 is 24.2 Å². The Morgan fingerprint density at radius 3 is 2.43 bits per heavy atom. The molecule has 0 fully saturated rings. The summed E-state index contributed by atoms with van der Waals surface area (Å²) in [7, 11) is 0. The van der Waals surface area contributed by atoms with Crippen LogP contribution in [0.3, 0.4) is 0 Å². The van der Waals surface area contributed by atoms with Crippen LogP contribution in [0, 0.1) is 0 Å². The minimum absolute atomic E-state index is 0.0335. The number of benzene rings is 2. The Morgan fingerprint density at radius 2 is 1.71 bits per heavy atom. The lowest BCUT2D eigenvalue weighted by Gasteiger charge is -2.14. The second-order valence-electron chi connectivity index (χ2n) is 6.04. The predicted molar refractivity (Wildman–Crippen MR) is 109 cm³/mol. The average Bonchev–Trinajstić information content (AvgIpc) is 2.69. The number of carboxylic acid groups (broad SMARTS) is 1. The Hall–Kier alpha value is -3.28. The van der Waals surface area contributed by atoms with Gasteiger partial charge in [-0.1, -0.05) is 38.1 Å². The van der Waals surface area contributed by atoms with Crippen molar-refractivity contribution >= 4 is 23.6 Å². The molecule has 0 aliphatic heterocycles. The maximum Gasteiger partial charge on any atom is 0.337 e. The predicted octanol–water partition coefficient (Wildman–Crippen LogP) is 4.61. The fraction of sp³-hybridized carbons (Fsp3) is 0.273. The van der Waals surface area contributed by atoms with Gasteiger partial charge < -0.3 is 19.9 Å². The molecular weight excluding hydrogens is 358 g/mol. The summed E-state index contributed by atoms with van der Waals surface area (Å²) in [5.74, 6) is -0.312. The number of nitrogens with one attached hydrogen (secondary N) is 1. The average molecular weight is 383 g/mol. The zero-order chi connectivity index (χ0) is 20.4. The maximum atomic E-state index is 12.3. The minimum atomic E-state index is -1.10. The van der Waals surface area contributed by atoms with Crippen molar-refractivity contribution in [3.8, 4) is 11.5 Å². The Labute approximate surface area is 164 Å². The molecule has 28 heavy (non-hydrogen) atoms. The van der Waals surface area contributed by atoms with Crippen molar-refractivity contribution in [2.24, 2.45) is 0 Å². The lowest BCUT2D eigenvalue weighted by atomic mass is 10.1. The van der Waals surface area contributed by atoms with Crippen molar-refractivity contribution in [2.75, 3.05) is 18.5 Å². The molecule has 2 aromatic carbocycles. The van der Waals surface area contributed by atoms with Crippen LogP contribution in [0.2, 0.25) is 0 Å².